The SMILES string of the molecule is COC1CCNC(CS(=O)C2=NC3CC(F)C(N4CCC5(CC4)OCCO5)CC3N2)C1C. The van der Waals surface area contributed by atoms with E-state index in [4.69, 9.17) is 14.2 Å². The summed E-state index contributed by atoms with van der Waals surface area (Å²) < 4.78 is 45.5. The Kier molecular flexibility index (Phi) is 6.89. The number of amidine groups is 1. The van der Waals surface area contributed by atoms with Crippen molar-refractivity contribution in [3.8, 4) is 0 Å². The molecule has 5 aliphatic rings. The number of aliphatic imine (C=N–C) groups is 1. The Bertz CT molecular complexity index is 727. The van der Waals surface area contributed by atoms with Crippen molar-refractivity contribution in [2.45, 2.75) is 81.3 Å². The van der Waals surface area contributed by atoms with Gasteiger partial charge in [-0.3, -0.25) is 14.1 Å². The van der Waals surface area contributed by atoms with Crippen molar-refractivity contribution in [2.75, 3.05) is 45.7 Å². The maximum absolute atomic E-state index is 15.2. The molecule has 0 aromatic rings. The number of hydrogen-bond acceptors (Lipinski definition) is 8. The minimum absolute atomic E-state index is 0.0595. The molecule has 0 amide bonds. The molecule has 4 aliphatic heterocycles. The quantitative estimate of drug-likeness (QED) is 0.626. The molecule has 8 atom stereocenters. The first-order valence-corrected chi connectivity index (χ1v) is 13.4. The highest BCUT2D eigenvalue weighted by atomic mass is 32.2. The van der Waals surface area contributed by atoms with E-state index < -0.39 is 22.8 Å². The third-order valence-corrected chi connectivity index (χ3v) is 9.50. The predicted molar refractivity (Wildman–Crippen MR) is 121 cm³/mol. The molecule has 2 N–H and O–H groups in total. The van der Waals surface area contributed by atoms with Crippen molar-refractivity contribution in [1.82, 2.24) is 15.5 Å². The second-order valence-electron chi connectivity index (χ2n) is 9.95. The lowest BCUT2D eigenvalue weighted by Gasteiger charge is -2.45. The second kappa shape index (κ2) is 9.54. The van der Waals surface area contributed by atoms with Crippen LogP contribution in [0.1, 0.15) is 39.0 Å². The minimum Gasteiger partial charge on any atom is -0.381 e. The summed E-state index contributed by atoms with van der Waals surface area (Å²) in [5.41, 5.74) is 0. The van der Waals surface area contributed by atoms with Crippen molar-refractivity contribution < 1.29 is 22.8 Å². The van der Waals surface area contributed by atoms with E-state index >= 15 is 4.39 Å². The zero-order valence-corrected chi connectivity index (χ0v) is 19.9. The first-order chi connectivity index (χ1) is 15.5. The standard InChI is InChI=1S/C22H37FN4O4S/c1-14-18(24-6-3-20(14)29-2)13-32(28)21-25-16-11-15(23)19(12-17(16)26-21)27-7-4-22(5-8-27)30-9-10-31-22/h14-20,24H,3-13H2,1-2H3,(H,25,26). The predicted octanol–water partition coefficient (Wildman–Crippen LogP) is 0.784. The first-order valence-electron chi connectivity index (χ1n) is 12.1. The summed E-state index contributed by atoms with van der Waals surface area (Å²) >= 11 is 0. The van der Waals surface area contributed by atoms with Gasteiger partial charge in [-0.25, -0.2) is 4.39 Å². The number of alkyl halides is 1. The fourth-order valence-electron chi connectivity index (χ4n) is 6.15. The highest BCUT2D eigenvalue weighted by Crippen LogP contribution is 2.36. The van der Waals surface area contributed by atoms with Crippen LogP contribution < -0.4 is 10.6 Å². The Labute approximate surface area is 192 Å². The van der Waals surface area contributed by atoms with Crippen molar-refractivity contribution in [1.29, 1.82) is 0 Å². The van der Waals surface area contributed by atoms with Crippen LogP contribution in [0.4, 0.5) is 4.39 Å². The van der Waals surface area contributed by atoms with Crippen LogP contribution in [0.3, 0.4) is 0 Å². The van der Waals surface area contributed by atoms with Gasteiger partial charge < -0.3 is 24.8 Å². The van der Waals surface area contributed by atoms with E-state index in [9.17, 15) is 4.21 Å². The highest BCUT2D eigenvalue weighted by Gasteiger charge is 2.47. The number of hydrogen-bond donors (Lipinski definition) is 2. The Morgan fingerprint density at radius 3 is 2.75 bits per heavy atom. The molecule has 8 unspecified atom stereocenters. The van der Waals surface area contributed by atoms with E-state index in [0.717, 1.165) is 38.9 Å². The van der Waals surface area contributed by atoms with Gasteiger partial charge in [0, 0.05) is 57.3 Å². The van der Waals surface area contributed by atoms with Gasteiger partial charge >= 0.3 is 0 Å². The Balaban J connectivity index is 1.16. The molecule has 0 bridgehead atoms. The van der Waals surface area contributed by atoms with Crippen LogP contribution in [-0.2, 0) is 25.0 Å². The molecule has 0 aromatic carbocycles. The molecule has 32 heavy (non-hydrogen) atoms. The van der Waals surface area contributed by atoms with Crippen LogP contribution in [0, 0.1) is 5.92 Å². The number of fused-ring (bicyclic) bond motifs is 1. The monoisotopic (exact) mass is 472 g/mol. The number of ether oxygens (including phenoxy) is 3. The van der Waals surface area contributed by atoms with Gasteiger partial charge in [-0.2, -0.15) is 0 Å². The average molecular weight is 473 g/mol. The van der Waals surface area contributed by atoms with Gasteiger partial charge in [0.25, 0.3) is 0 Å². The van der Waals surface area contributed by atoms with E-state index in [2.05, 4.69) is 27.4 Å². The van der Waals surface area contributed by atoms with Gasteiger partial charge in [0.2, 0.25) is 0 Å². The lowest BCUT2D eigenvalue weighted by molar-refractivity contribution is -0.190. The maximum atomic E-state index is 15.2. The lowest BCUT2D eigenvalue weighted by atomic mass is 9.84. The second-order valence-corrected chi connectivity index (χ2v) is 11.4. The molecule has 8 nitrogen and oxygen atoms in total. The van der Waals surface area contributed by atoms with Gasteiger partial charge in [0.1, 0.15) is 6.17 Å². The summed E-state index contributed by atoms with van der Waals surface area (Å²) in [6.45, 7) is 5.90. The zero-order chi connectivity index (χ0) is 22.3. The fourth-order valence-corrected chi connectivity index (χ4v) is 7.59. The average Bonchev–Trinajstić information content (AvgIpc) is 3.42. The van der Waals surface area contributed by atoms with E-state index in [1.165, 1.54) is 0 Å². The third kappa shape index (κ3) is 4.51. The molecule has 0 aromatic heterocycles. The van der Waals surface area contributed by atoms with Gasteiger partial charge in [0.15, 0.2) is 11.0 Å². The molecular formula is C22H37FN4O4S. The largest absolute Gasteiger partial charge is 0.381 e. The molecule has 1 saturated carbocycles. The normalized spacial score (nSPS) is 43.0. The lowest BCUT2D eigenvalue weighted by Crippen LogP contribution is -2.57. The Hall–Kier alpha value is -0.650. The highest BCUT2D eigenvalue weighted by molar-refractivity contribution is 8.00. The number of halogens is 1. The number of rotatable bonds is 4. The van der Waals surface area contributed by atoms with E-state index in [1.54, 1.807) is 7.11 Å². The van der Waals surface area contributed by atoms with Crippen molar-refractivity contribution in [3.05, 3.63) is 0 Å². The topological polar surface area (TPSA) is 84.4 Å². The summed E-state index contributed by atoms with van der Waals surface area (Å²) in [5, 5.41) is 7.44. The van der Waals surface area contributed by atoms with Crippen LogP contribution in [0.2, 0.25) is 0 Å². The molecule has 4 fully saturated rings. The first kappa shape index (κ1) is 23.1. The van der Waals surface area contributed by atoms with Crippen LogP contribution in [0.15, 0.2) is 4.99 Å². The number of likely N-dealkylation sites (tertiary alicyclic amines) is 1. The van der Waals surface area contributed by atoms with Crippen molar-refractivity contribution in [3.63, 3.8) is 0 Å². The van der Waals surface area contributed by atoms with Gasteiger partial charge in [-0.05, 0) is 25.3 Å². The molecule has 182 valence electrons. The van der Waals surface area contributed by atoms with Gasteiger partial charge in [-0.1, -0.05) is 6.92 Å². The molecule has 4 heterocycles. The fraction of sp³-hybridized carbons (Fsp3) is 0.955. The molecule has 10 heteroatoms. The zero-order valence-electron chi connectivity index (χ0n) is 19.1. The molecule has 5 rings (SSSR count). The summed E-state index contributed by atoms with van der Waals surface area (Å²) in [6.07, 6.45) is 2.90. The van der Waals surface area contributed by atoms with Gasteiger partial charge in [-0.15, -0.1) is 0 Å². The summed E-state index contributed by atoms with van der Waals surface area (Å²) in [4.78, 5) is 6.93. The third-order valence-electron chi connectivity index (χ3n) is 8.18. The number of nitrogens with zero attached hydrogens (tertiary/aromatic N) is 2. The van der Waals surface area contributed by atoms with E-state index in [1.807, 2.05) is 0 Å². The maximum Gasteiger partial charge on any atom is 0.188 e. The molecular weight excluding hydrogens is 435 g/mol. The van der Waals surface area contributed by atoms with E-state index in [-0.39, 0.29) is 36.2 Å². The van der Waals surface area contributed by atoms with Crippen LogP contribution in [0.25, 0.3) is 0 Å². The summed E-state index contributed by atoms with van der Waals surface area (Å²) in [7, 11) is 0.515. The Morgan fingerprint density at radius 2 is 2.03 bits per heavy atom. The van der Waals surface area contributed by atoms with Crippen molar-refractivity contribution in [2.24, 2.45) is 10.9 Å². The van der Waals surface area contributed by atoms with Crippen molar-refractivity contribution >= 4 is 16.0 Å². The smallest absolute Gasteiger partial charge is 0.188 e. The van der Waals surface area contributed by atoms with Crippen LogP contribution in [-0.4, -0.2) is 102 Å². The molecule has 0 radical (unpaired) electrons. The van der Waals surface area contributed by atoms with Crippen LogP contribution >= 0.6 is 0 Å². The Morgan fingerprint density at radius 1 is 1.28 bits per heavy atom. The number of methoxy groups -OCH3 is 1. The molecule has 1 spiro atoms. The summed E-state index contributed by atoms with van der Waals surface area (Å²) in [5.74, 6) is 0.352. The number of nitrogens with one attached hydrogen (secondary N) is 2. The summed E-state index contributed by atoms with van der Waals surface area (Å²) in [6, 6.07) is -0.0671. The van der Waals surface area contributed by atoms with E-state index in [0.29, 0.717) is 37.0 Å². The molecule has 3 saturated heterocycles. The van der Waals surface area contributed by atoms with Crippen LogP contribution in [0.5, 0.6) is 0 Å². The minimum atomic E-state index is -1.23. The number of piperidine rings is 2. The molecule has 1 aliphatic carbocycles. The van der Waals surface area contributed by atoms with Gasteiger partial charge in [0.05, 0.1) is 42.2 Å².